The maximum Gasteiger partial charge on any atom is 0.321 e. The van der Waals surface area contributed by atoms with Crippen molar-refractivity contribution in [3.05, 3.63) is 17.5 Å². The van der Waals surface area contributed by atoms with Crippen molar-refractivity contribution in [3.63, 3.8) is 0 Å². The molecule has 1 aliphatic carbocycles. The molecule has 1 aromatic heterocycles. The Bertz CT molecular complexity index is 471. The van der Waals surface area contributed by atoms with E-state index >= 15 is 0 Å². The normalized spacial score (nSPS) is 14.4. The molecule has 1 N–H and O–H groups in total. The molecule has 0 aromatic carbocycles. The van der Waals surface area contributed by atoms with Gasteiger partial charge in [-0.2, -0.15) is 15.0 Å². The number of allylic oxidation sites excluding steroid dienone is 1. The fourth-order valence-electron chi connectivity index (χ4n) is 1.66. The summed E-state index contributed by atoms with van der Waals surface area (Å²) in [5.41, 5.74) is 0.794. The van der Waals surface area contributed by atoms with E-state index in [0.29, 0.717) is 5.82 Å². The summed E-state index contributed by atoms with van der Waals surface area (Å²) >= 11 is 0. The van der Waals surface area contributed by atoms with Gasteiger partial charge in [-0.1, -0.05) is 6.08 Å². The van der Waals surface area contributed by atoms with Gasteiger partial charge >= 0.3 is 6.01 Å². The number of methoxy groups -OCH3 is 1. The number of aryl methyl sites for hydroxylation is 1. The van der Waals surface area contributed by atoms with Crippen LogP contribution in [0.4, 0.5) is 5.95 Å². The number of carbonyl (C=O) groups is 1. The lowest BCUT2D eigenvalue weighted by Crippen LogP contribution is -2.16. The molecule has 1 amide bonds. The van der Waals surface area contributed by atoms with Crippen molar-refractivity contribution >= 4 is 11.9 Å². The lowest BCUT2D eigenvalue weighted by Gasteiger charge is -2.05. The molecule has 0 saturated carbocycles. The first-order valence-electron chi connectivity index (χ1n) is 5.46. The number of carbonyl (C=O) groups excluding carboxylic acids is 1. The van der Waals surface area contributed by atoms with E-state index in [2.05, 4.69) is 20.3 Å². The van der Waals surface area contributed by atoms with Crippen LogP contribution >= 0.6 is 0 Å². The second-order valence-corrected chi connectivity index (χ2v) is 3.77. The molecule has 0 radical (unpaired) electrons. The highest BCUT2D eigenvalue weighted by molar-refractivity contribution is 6.02. The fraction of sp³-hybridized carbons (Fsp3) is 0.455. The molecule has 6 nitrogen and oxygen atoms in total. The molecule has 1 heterocycles. The van der Waals surface area contributed by atoms with E-state index in [1.54, 1.807) is 6.92 Å². The average Bonchev–Trinajstić information content (AvgIpc) is 2.81. The summed E-state index contributed by atoms with van der Waals surface area (Å²) in [6, 6.07) is 0.202. The number of nitrogens with zero attached hydrogens (tertiary/aromatic N) is 3. The van der Waals surface area contributed by atoms with Crippen LogP contribution in [-0.4, -0.2) is 28.0 Å². The molecule has 0 unspecified atom stereocenters. The van der Waals surface area contributed by atoms with E-state index in [9.17, 15) is 4.79 Å². The highest BCUT2D eigenvalue weighted by atomic mass is 16.5. The summed E-state index contributed by atoms with van der Waals surface area (Å²) in [5, 5.41) is 2.65. The van der Waals surface area contributed by atoms with Crippen LogP contribution in [0.15, 0.2) is 11.6 Å². The van der Waals surface area contributed by atoms with Gasteiger partial charge in [-0.15, -0.1) is 0 Å². The Hall–Kier alpha value is -1.98. The van der Waals surface area contributed by atoms with Crippen LogP contribution < -0.4 is 10.1 Å². The van der Waals surface area contributed by atoms with Crippen LogP contribution in [0.2, 0.25) is 0 Å². The molecule has 0 spiro atoms. The van der Waals surface area contributed by atoms with Crippen molar-refractivity contribution in [2.45, 2.75) is 26.2 Å². The summed E-state index contributed by atoms with van der Waals surface area (Å²) in [6.45, 7) is 1.72. The second-order valence-electron chi connectivity index (χ2n) is 3.77. The van der Waals surface area contributed by atoms with Crippen LogP contribution in [0.25, 0.3) is 0 Å². The van der Waals surface area contributed by atoms with E-state index in [-0.39, 0.29) is 17.9 Å². The quantitative estimate of drug-likeness (QED) is 0.851. The number of aromatic nitrogens is 3. The van der Waals surface area contributed by atoms with Gasteiger partial charge in [0.05, 0.1) is 7.11 Å². The minimum Gasteiger partial charge on any atom is -0.467 e. The molecule has 1 aromatic rings. The SMILES string of the molecule is COc1nc(C)nc(NC(=O)C2=CCCC2)n1. The molecule has 0 bridgehead atoms. The molecule has 0 saturated heterocycles. The van der Waals surface area contributed by atoms with Gasteiger partial charge in [0.15, 0.2) is 0 Å². The minimum atomic E-state index is -0.143. The summed E-state index contributed by atoms with van der Waals surface area (Å²) in [4.78, 5) is 23.7. The van der Waals surface area contributed by atoms with Crippen molar-refractivity contribution in [1.82, 2.24) is 15.0 Å². The van der Waals surface area contributed by atoms with Crippen molar-refractivity contribution < 1.29 is 9.53 Å². The van der Waals surface area contributed by atoms with Crippen LogP contribution in [-0.2, 0) is 4.79 Å². The number of hydrogen-bond donors (Lipinski definition) is 1. The van der Waals surface area contributed by atoms with Gasteiger partial charge in [0, 0.05) is 5.57 Å². The fourth-order valence-corrected chi connectivity index (χ4v) is 1.66. The zero-order chi connectivity index (χ0) is 12.3. The first kappa shape index (κ1) is 11.5. The van der Waals surface area contributed by atoms with Crippen molar-refractivity contribution in [2.75, 3.05) is 12.4 Å². The lowest BCUT2D eigenvalue weighted by molar-refractivity contribution is -0.113. The molecule has 0 aliphatic heterocycles. The number of ether oxygens (including phenoxy) is 1. The molecule has 0 atom stereocenters. The first-order chi connectivity index (χ1) is 8.19. The Morgan fingerprint density at radius 3 is 2.88 bits per heavy atom. The number of hydrogen-bond acceptors (Lipinski definition) is 5. The standard InChI is InChI=1S/C11H14N4O2/c1-7-12-10(15-11(13-7)17-2)14-9(16)8-5-3-4-6-8/h5H,3-4,6H2,1-2H3,(H,12,13,14,15,16). The zero-order valence-electron chi connectivity index (χ0n) is 9.86. The lowest BCUT2D eigenvalue weighted by atomic mass is 10.2. The number of anilines is 1. The number of amides is 1. The second kappa shape index (κ2) is 4.90. The molecule has 1 aliphatic rings. The molecule has 90 valence electrons. The van der Waals surface area contributed by atoms with Gasteiger partial charge in [0.1, 0.15) is 5.82 Å². The van der Waals surface area contributed by atoms with Gasteiger partial charge in [0.25, 0.3) is 5.91 Å². The number of rotatable bonds is 3. The van der Waals surface area contributed by atoms with E-state index < -0.39 is 0 Å². The first-order valence-corrected chi connectivity index (χ1v) is 5.46. The van der Waals surface area contributed by atoms with Gasteiger partial charge in [0.2, 0.25) is 5.95 Å². The third-order valence-corrected chi connectivity index (χ3v) is 2.47. The van der Waals surface area contributed by atoms with Crippen LogP contribution in [0.5, 0.6) is 6.01 Å². The topological polar surface area (TPSA) is 77.0 Å². The van der Waals surface area contributed by atoms with Gasteiger partial charge in [-0.3, -0.25) is 10.1 Å². The van der Waals surface area contributed by atoms with Crippen molar-refractivity contribution in [1.29, 1.82) is 0 Å². The Morgan fingerprint density at radius 2 is 2.24 bits per heavy atom. The van der Waals surface area contributed by atoms with Crippen LogP contribution in [0.1, 0.15) is 25.1 Å². The van der Waals surface area contributed by atoms with Gasteiger partial charge in [-0.05, 0) is 26.2 Å². The molecular formula is C11H14N4O2. The van der Waals surface area contributed by atoms with E-state index in [1.807, 2.05) is 6.08 Å². The molecule has 0 fully saturated rings. The van der Waals surface area contributed by atoms with E-state index in [4.69, 9.17) is 4.74 Å². The van der Waals surface area contributed by atoms with E-state index in [1.165, 1.54) is 7.11 Å². The maximum absolute atomic E-state index is 11.8. The largest absolute Gasteiger partial charge is 0.467 e. The summed E-state index contributed by atoms with van der Waals surface area (Å²) in [7, 11) is 1.47. The average molecular weight is 234 g/mol. The summed E-state index contributed by atoms with van der Waals surface area (Å²) in [5.74, 6) is 0.592. The Kier molecular flexibility index (Phi) is 3.32. The van der Waals surface area contributed by atoms with E-state index in [0.717, 1.165) is 24.8 Å². The Morgan fingerprint density at radius 1 is 1.41 bits per heavy atom. The highest BCUT2D eigenvalue weighted by Crippen LogP contribution is 2.18. The third-order valence-electron chi connectivity index (χ3n) is 2.47. The van der Waals surface area contributed by atoms with Crippen molar-refractivity contribution in [2.24, 2.45) is 0 Å². The van der Waals surface area contributed by atoms with Crippen LogP contribution in [0, 0.1) is 6.92 Å². The number of nitrogens with one attached hydrogen (secondary N) is 1. The predicted octanol–water partition coefficient (Wildman–Crippen LogP) is 1.24. The molecule has 17 heavy (non-hydrogen) atoms. The predicted molar refractivity (Wildman–Crippen MR) is 61.7 cm³/mol. The third kappa shape index (κ3) is 2.77. The Labute approximate surface area is 99.1 Å². The maximum atomic E-state index is 11.8. The molecular weight excluding hydrogens is 220 g/mol. The molecule has 6 heteroatoms. The monoisotopic (exact) mass is 234 g/mol. The minimum absolute atomic E-state index is 0.143. The zero-order valence-corrected chi connectivity index (χ0v) is 9.86. The molecule has 2 rings (SSSR count). The van der Waals surface area contributed by atoms with Crippen LogP contribution in [0.3, 0.4) is 0 Å². The van der Waals surface area contributed by atoms with Gasteiger partial charge < -0.3 is 4.74 Å². The summed E-state index contributed by atoms with van der Waals surface area (Å²) in [6.07, 6.45) is 4.75. The smallest absolute Gasteiger partial charge is 0.321 e. The summed E-state index contributed by atoms with van der Waals surface area (Å²) < 4.78 is 4.91. The van der Waals surface area contributed by atoms with Crippen molar-refractivity contribution in [3.8, 4) is 6.01 Å². The Balaban J connectivity index is 2.12. The highest BCUT2D eigenvalue weighted by Gasteiger charge is 2.15. The van der Waals surface area contributed by atoms with Gasteiger partial charge in [-0.25, -0.2) is 0 Å².